The molecule has 33 heavy (non-hydrogen) atoms. The van der Waals surface area contributed by atoms with Gasteiger partial charge in [0.05, 0.1) is 37.5 Å². The minimum atomic E-state index is -0.551. The standard InChI is InChI=1S/C24H29NO8/c1-5-31-24-22-15(6-8-18(22)19(12-33-24)23(28)30-4)11-25-21(27)13-32-20-10-16(29-3)7-9-17(20)14(2)26/h6-7,9-10,12,18,22,24H,5,8,11,13H2,1-4H3,(H,25,27). The van der Waals surface area contributed by atoms with Gasteiger partial charge in [0.25, 0.3) is 5.91 Å². The lowest BCUT2D eigenvalue weighted by molar-refractivity contribution is -0.153. The molecule has 0 spiro atoms. The summed E-state index contributed by atoms with van der Waals surface area (Å²) in [6.45, 7) is 3.72. The Bertz CT molecular complexity index is 967. The number of ether oxygens (including phenoxy) is 5. The zero-order chi connectivity index (χ0) is 24.0. The Labute approximate surface area is 192 Å². The summed E-state index contributed by atoms with van der Waals surface area (Å²) in [4.78, 5) is 36.4. The predicted molar refractivity (Wildman–Crippen MR) is 118 cm³/mol. The van der Waals surface area contributed by atoms with Crippen LogP contribution in [0.15, 0.2) is 41.7 Å². The Hall–Kier alpha value is -3.33. The molecule has 0 saturated carbocycles. The summed E-state index contributed by atoms with van der Waals surface area (Å²) in [5.41, 5.74) is 1.73. The van der Waals surface area contributed by atoms with Crippen molar-refractivity contribution in [2.75, 3.05) is 34.0 Å². The normalized spacial score (nSPS) is 21.2. The van der Waals surface area contributed by atoms with Crippen LogP contribution in [-0.2, 0) is 23.8 Å². The van der Waals surface area contributed by atoms with Gasteiger partial charge < -0.3 is 29.0 Å². The van der Waals surface area contributed by atoms with E-state index in [1.807, 2.05) is 13.0 Å². The predicted octanol–water partition coefficient (Wildman–Crippen LogP) is 2.41. The number of rotatable bonds is 10. The lowest BCUT2D eigenvalue weighted by Crippen LogP contribution is -2.40. The molecule has 3 rings (SSSR count). The molecule has 0 saturated heterocycles. The summed E-state index contributed by atoms with van der Waals surface area (Å²) in [6.07, 6.45) is 3.47. The maximum atomic E-state index is 12.5. The van der Waals surface area contributed by atoms with Gasteiger partial charge in [0.2, 0.25) is 6.29 Å². The van der Waals surface area contributed by atoms with Crippen LogP contribution >= 0.6 is 0 Å². The van der Waals surface area contributed by atoms with Crippen LogP contribution in [0.4, 0.5) is 0 Å². The molecule has 1 N–H and O–H groups in total. The molecule has 0 aromatic heterocycles. The molecule has 9 heteroatoms. The van der Waals surface area contributed by atoms with Crippen molar-refractivity contribution in [1.29, 1.82) is 0 Å². The van der Waals surface area contributed by atoms with Crippen LogP contribution in [0.25, 0.3) is 0 Å². The fourth-order valence-electron chi connectivity index (χ4n) is 4.07. The van der Waals surface area contributed by atoms with Crippen molar-refractivity contribution in [3.05, 3.63) is 47.2 Å². The third-order valence-electron chi connectivity index (χ3n) is 5.69. The minimum Gasteiger partial charge on any atom is -0.497 e. The van der Waals surface area contributed by atoms with Gasteiger partial charge in [-0.1, -0.05) is 6.08 Å². The summed E-state index contributed by atoms with van der Waals surface area (Å²) >= 11 is 0. The van der Waals surface area contributed by atoms with Gasteiger partial charge in [-0.25, -0.2) is 4.79 Å². The summed E-state index contributed by atoms with van der Waals surface area (Å²) in [7, 11) is 2.84. The molecule has 178 valence electrons. The second kappa shape index (κ2) is 11.0. The van der Waals surface area contributed by atoms with Crippen LogP contribution in [0, 0.1) is 11.8 Å². The van der Waals surface area contributed by atoms with Crippen LogP contribution < -0.4 is 14.8 Å². The van der Waals surface area contributed by atoms with E-state index < -0.39 is 12.3 Å². The second-order valence-corrected chi connectivity index (χ2v) is 7.66. The SMILES string of the molecule is CCOC1OC=C(C(=O)OC)C2CC=C(CNC(=O)COc3cc(OC)ccc3C(C)=O)C12. The Morgan fingerprint density at radius 1 is 1.21 bits per heavy atom. The van der Waals surface area contributed by atoms with Crippen molar-refractivity contribution in [2.45, 2.75) is 26.6 Å². The third-order valence-corrected chi connectivity index (χ3v) is 5.69. The number of hydrogen-bond donors (Lipinski definition) is 1. The van der Waals surface area contributed by atoms with E-state index in [1.165, 1.54) is 27.4 Å². The number of esters is 1. The molecule has 0 fully saturated rings. The highest BCUT2D eigenvalue weighted by atomic mass is 16.7. The van der Waals surface area contributed by atoms with Crippen LogP contribution in [0.5, 0.6) is 11.5 Å². The van der Waals surface area contributed by atoms with Crippen LogP contribution in [0.3, 0.4) is 0 Å². The van der Waals surface area contributed by atoms with E-state index in [0.717, 1.165) is 5.57 Å². The first-order chi connectivity index (χ1) is 15.9. The van der Waals surface area contributed by atoms with Crippen LogP contribution in [0.2, 0.25) is 0 Å². The minimum absolute atomic E-state index is 0.138. The highest BCUT2D eigenvalue weighted by Crippen LogP contribution is 2.43. The number of benzene rings is 1. The number of carbonyl (C=O) groups excluding carboxylic acids is 3. The molecule has 9 nitrogen and oxygen atoms in total. The van der Waals surface area contributed by atoms with Gasteiger partial charge in [0, 0.05) is 25.1 Å². The van der Waals surface area contributed by atoms with Gasteiger partial charge in [-0.15, -0.1) is 0 Å². The van der Waals surface area contributed by atoms with Gasteiger partial charge in [0.1, 0.15) is 11.5 Å². The summed E-state index contributed by atoms with van der Waals surface area (Å²) in [5.74, 6) is -0.525. The summed E-state index contributed by atoms with van der Waals surface area (Å²) < 4.78 is 27.0. The number of amides is 1. The fraction of sp³-hybridized carbons (Fsp3) is 0.458. The molecule has 1 aliphatic carbocycles. The van der Waals surface area contributed by atoms with Crippen molar-refractivity contribution in [3.8, 4) is 11.5 Å². The van der Waals surface area contributed by atoms with E-state index in [2.05, 4.69) is 5.32 Å². The number of allylic oxidation sites excluding steroid dienone is 1. The number of methoxy groups -OCH3 is 2. The van der Waals surface area contributed by atoms with E-state index in [9.17, 15) is 14.4 Å². The molecule has 3 unspecified atom stereocenters. The van der Waals surface area contributed by atoms with Crippen molar-refractivity contribution < 1.29 is 38.1 Å². The van der Waals surface area contributed by atoms with E-state index >= 15 is 0 Å². The first kappa shape index (κ1) is 24.3. The van der Waals surface area contributed by atoms with E-state index in [-0.39, 0.29) is 42.4 Å². The number of hydrogen-bond acceptors (Lipinski definition) is 8. The molecule has 0 radical (unpaired) electrons. The van der Waals surface area contributed by atoms with Crippen molar-refractivity contribution in [2.24, 2.45) is 11.8 Å². The number of ketones is 1. The molecular formula is C24H29NO8. The zero-order valence-corrected chi connectivity index (χ0v) is 19.2. The van der Waals surface area contributed by atoms with Gasteiger partial charge >= 0.3 is 5.97 Å². The Balaban J connectivity index is 1.62. The quantitative estimate of drug-likeness (QED) is 0.323. The van der Waals surface area contributed by atoms with Crippen molar-refractivity contribution in [3.63, 3.8) is 0 Å². The van der Waals surface area contributed by atoms with Gasteiger partial charge in [-0.05, 0) is 38.0 Å². The average Bonchev–Trinajstić information content (AvgIpc) is 3.25. The van der Waals surface area contributed by atoms with Crippen LogP contribution in [-0.4, -0.2) is 57.9 Å². The maximum absolute atomic E-state index is 12.5. The molecular weight excluding hydrogens is 430 g/mol. The topological polar surface area (TPSA) is 109 Å². The molecule has 1 aromatic carbocycles. The maximum Gasteiger partial charge on any atom is 0.337 e. The smallest absolute Gasteiger partial charge is 0.337 e. The number of nitrogens with one attached hydrogen (secondary N) is 1. The lowest BCUT2D eigenvalue weighted by Gasteiger charge is -2.34. The van der Waals surface area contributed by atoms with E-state index in [4.69, 9.17) is 23.7 Å². The first-order valence-corrected chi connectivity index (χ1v) is 10.7. The summed E-state index contributed by atoms with van der Waals surface area (Å²) in [6, 6.07) is 4.83. The molecule has 1 aromatic rings. The molecule has 2 aliphatic rings. The number of Topliss-reactive ketones (excluding diaryl/α,β-unsaturated/α-hetero) is 1. The van der Waals surface area contributed by atoms with E-state index in [1.54, 1.807) is 18.2 Å². The average molecular weight is 459 g/mol. The zero-order valence-electron chi connectivity index (χ0n) is 19.2. The van der Waals surface area contributed by atoms with Crippen molar-refractivity contribution >= 4 is 17.7 Å². The number of fused-ring (bicyclic) bond motifs is 1. The third kappa shape index (κ3) is 5.54. The second-order valence-electron chi connectivity index (χ2n) is 7.66. The van der Waals surface area contributed by atoms with Gasteiger partial charge in [-0.2, -0.15) is 0 Å². The van der Waals surface area contributed by atoms with Gasteiger partial charge in [0.15, 0.2) is 12.4 Å². The Kier molecular flexibility index (Phi) is 8.11. The van der Waals surface area contributed by atoms with Crippen molar-refractivity contribution in [1.82, 2.24) is 5.32 Å². The highest BCUT2D eigenvalue weighted by Gasteiger charge is 2.44. The monoisotopic (exact) mass is 459 g/mol. The molecule has 0 bridgehead atoms. The lowest BCUT2D eigenvalue weighted by atomic mass is 9.83. The van der Waals surface area contributed by atoms with Crippen LogP contribution in [0.1, 0.15) is 30.6 Å². The molecule has 1 amide bonds. The van der Waals surface area contributed by atoms with Gasteiger partial charge in [-0.3, -0.25) is 9.59 Å². The largest absolute Gasteiger partial charge is 0.497 e. The fourth-order valence-corrected chi connectivity index (χ4v) is 4.07. The molecule has 1 heterocycles. The van der Waals surface area contributed by atoms with E-state index in [0.29, 0.717) is 29.9 Å². The molecule has 1 aliphatic heterocycles. The first-order valence-electron chi connectivity index (χ1n) is 10.7. The Morgan fingerprint density at radius 2 is 2.00 bits per heavy atom. The Morgan fingerprint density at radius 3 is 2.67 bits per heavy atom. The summed E-state index contributed by atoms with van der Waals surface area (Å²) in [5, 5.41) is 2.83. The molecule has 3 atom stereocenters. The number of carbonyl (C=O) groups is 3. The highest BCUT2D eigenvalue weighted by molar-refractivity contribution is 5.97.